The zero-order chi connectivity index (χ0) is 16.1. The summed E-state index contributed by atoms with van der Waals surface area (Å²) in [4.78, 5) is 8.47. The van der Waals surface area contributed by atoms with Crippen LogP contribution in [-0.2, 0) is 0 Å². The number of hydrogen-bond acceptors (Lipinski definition) is 5. The number of benzene rings is 1. The largest absolute Gasteiger partial charge is 0.507 e. The number of aromatic hydroxyl groups is 1. The van der Waals surface area contributed by atoms with Crippen LogP contribution in [0.15, 0.2) is 40.7 Å². The van der Waals surface area contributed by atoms with Crippen molar-refractivity contribution in [3.63, 3.8) is 0 Å². The monoisotopic (exact) mass is 330 g/mol. The number of phenols is 1. The van der Waals surface area contributed by atoms with E-state index in [1.165, 1.54) is 17.7 Å². The van der Waals surface area contributed by atoms with E-state index in [2.05, 4.69) is 27.4 Å². The highest BCUT2D eigenvalue weighted by molar-refractivity contribution is 7.10. The smallest absolute Gasteiger partial charge is 0.124 e. The van der Waals surface area contributed by atoms with Crippen LogP contribution < -0.4 is 4.74 Å². The summed E-state index contributed by atoms with van der Waals surface area (Å²) in [6, 6.07) is 9.80. The topological polar surface area (TPSA) is 45.1 Å². The molecule has 0 amide bonds. The lowest BCUT2D eigenvalue weighted by Crippen LogP contribution is -2.27. The molecule has 1 aromatic carbocycles. The van der Waals surface area contributed by atoms with Crippen molar-refractivity contribution in [2.45, 2.75) is 18.9 Å². The quantitative estimate of drug-likeness (QED) is 0.821. The first-order valence-corrected chi connectivity index (χ1v) is 8.80. The van der Waals surface area contributed by atoms with Crippen molar-refractivity contribution in [2.24, 2.45) is 4.99 Å². The Morgan fingerprint density at radius 3 is 2.87 bits per heavy atom. The van der Waals surface area contributed by atoms with Crippen molar-refractivity contribution in [1.82, 2.24) is 4.90 Å². The molecule has 0 unspecified atom stereocenters. The van der Waals surface area contributed by atoms with Gasteiger partial charge in [-0.3, -0.25) is 9.89 Å². The van der Waals surface area contributed by atoms with Gasteiger partial charge in [0.25, 0.3) is 0 Å². The summed E-state index contributed by atoms with van der Waals surface area (Å²) >= 11 is 1.79. The molecular weight excluding hydrogens is 308 g/mol. The Morgan fingerprint density at radius 1 is 1.35 bits per heavy atom. The second kappa shape index (κ2) is 7.62. The van der Waals surface area contributed by atoms with E-state index < -0.39 is 0 Å². The number of methoxy groups -OCH3 is 1. The van der Waals surface area contributed by atoms with Gasteiger partial charge in [0.2, 0.25) is 0 Å². The first-order chi connectivity index (χ1) is 11.3. The van der Waals surface area contributed by atoms with Crippen LogP contribution in [-0.4, -0.2) is 43.0 Å². The normalized spacial score (nSPS) is 16.9. The van der Waals surface area contributed by atoms with Crippen LogP contribution in [0.5, 0.6) is 11.5 Å². The van der Waals surface area contributed by atoms with Gasteiger partial charge in [-0.05, 0) is 55.6 Å². The fourth-order valence-electron chi connectivity index (χ4n) is 2.93. The van der Waals surface area contributed by atoms with Crippen LogP contribution in [0.25, 0.3) is 0 Å². The highest BCUT2D eigenvalue weighted by Crippen LogP contribution is 2.29. The molecule has 2 aromatic rings. The predicted molar refractivity (Wildman–Crippen MR) is 95.0 cm³/mol. The molecule has 1 aliphatic heterocycles. The number of hydrogen-bond donors (Lipinski definition) is 1. The highest BCUT2D eigenvalue weighted by atomic mass is 32.1. The van der Waals surface area contributed by atoms with Crippen molar-refractivity contribution in [3.05, 3.63) is 46.2 Å². The van der Waals surface area contributed by atoms with E-state index in [0.29, 0.717) is 18.2 Å². The molecule has 1 saturated heterocycles. The third-order valence-corrected chi connectivity index (χ3v) is 5.17. The van der Waals surface area contributed by atoms with Crippen molar-refractivity contribution >= 4 is 17.6 Å². The minimum atomic E-state index is 0.225. The van der Waals surface area contributed by atoms with Gasteiger partial charge in [0.05, 0.1) is 19.7 Å². The van der Waals surface area contributed by atoms with Gasteiger partial charge in [0.15, 0.2) is 0 Å². The summed E-state index contributed by atoms with van der Waals surface area (Å²) in [5.41, 5.74) is 0.690. The number of likely N-dealkylation sites (tertiary alicyclic amines) is 1. The third-order valence-electron chi connectivity index (χ3n) is 4.20. The molecule has 0 aliphatic carbocycles. The summed E-state index contributed by atoms with van der Waals surface area (Å²) < 4.78 is 5.20. The summed E-state index contributed by atoms with van der Waals surface area (Å²) in [5.74, 6) is 0.946. The van der Waals surface area contributed by atoms with Gasteiger partial charge in [0, 0.05) is 16.7 Å². The Hall–Kier alpha value is -1.85. The van der Waals surface area contributed by atoms with Crippen molar-refractivity contribution < 1.29 is 9.84 Å². The van der Waals surface area contributed by atoms with Gasteiger partial charge in [-0.2, -0.15) is 0 Å². The zero-order valence-corrected chi connectivity index (χ0v) is 14.1. The zero-order valence-electron chi connectivity index (χ0n) is 13.3. The number of thiophene rings is 1. The van der Waals surface area contributed by atoms with Gasteiger partial charge in [0.1, 0.15) is 11.5 Å². The van der Waals surface area contributed by atoms with E-state index in [1.807, 2.05) is 0 Å². The Bertz CT molecular complexity index is 649. The molecule has 0 saturated carbocycles. The molecule has 1 N–H and O–H groups in total. The molecule has 3 rings (SSSR count). The molecule has 0 spiro atoms. The summed E-state index contributed by atoms with van der Waals surface area (Å²) in [7, 11) is 1.62. The Kier molecular flexibility index (Phi) is 5.31. The lowest BCUT2D eigenvalue weighted by Gasteiger charge is -2.25. The molecule has 0 radical (unpaired) electrons. The van der Waals surface area contributed by atoms with E-state index in [4.69, 9.17) is 4.74 Å². The van der Waals surface area contributed by atoms with Crippen LogP contribution in [0.3, 0.4) is 0 Å². The number of nitrogens with zero attached hydrogens (tertiary/aromatic N) is 2. The van der Waals surface area contributed by atoms with Crippen LogP contribution >= 0.6 is 11.3 Å². The molecule has 1 fully saturated rings. The molecule has 122 valence electrons. The molecule has 4 nitrogen and oxygen atoms in total. The van der Waals surface area contributed by atoms with E-state index in [1.54, 1.807) is 42.9 Å². The maximum absolute atomic E-state index is 9.94. The Balaban J connectivity index is 1.73. The minimum Gasteiger partial charge on any atom is -0.507 e. The molecule has 5 heteroatoms. The fourth-order valence-corrected chi connectivity index (χ4v) is 3.79. The Morgan fingerprint density at radius 2 is 2.17 bits per heavy atom. The van der Waals surface area contributed by atoms with Gasteiger partial charge >= 0.3 is 0 Å². The lowest BCUT2D eigenvalue weighted by atomic mass is 10.2. The second-order valence-corrected chi connectivity index (χ2v) is 6.67. The van der Waals surface area contributed by atoms with Crippen LogP contribution in [0.2, 0.25) is 0 Å². The second-order valence-electron chi connectivity index (χ2n) is 5.69. The molecule has 23 heavy (non-hydrogen) atoms. The molecule has 0 bridgehead atoms. The molecule has 1 aliphatic rings. The maximum Gasteiger partial charge on any atom is 0.124 e. The average Bonchev–Trinajstić information content (AvgIpc) is 3.27. The van der Waals surface area contributed by atoms with Crippen LogP contribution in [0.4, 0.5) is 0 Å². The highest BCUT2D eigenvalue weighted by Gasteiger charge is 2.23. The van der Waals surface area contributed by atoms with Crippen molar-refractivity contribution in [2.75, 3.05) is 26.7 Å². The maximum atomic E-state index is 9.94. The number of aliphatic imine (C=N–C) groups is 1. The first kappa shape index (κ1) is 16.0. The number of phenolic OH excluding ortho intramolecular Hbond substituents is 1. The van der Waals surface area contributed by atoms with E-state index in [9.17, 15) is 5.11 Å². The summed E-state index contributed by atoms with van der Waals surface area (Å²) in [5, 5.41) is 12.1. The summed E-state index contributed by atoms with van der Waals surface area (Å²) in [6.45, 7) is 2.99. The Labute approximate surface area is 141 Å². The number of ether oxygens (including phenoxy) is 1. The lowest BCUT2D eigenvalue weighted by molar-refractivity contribution is 0.255. The predicted octanol–water partition coefficient (Wildman–Crippen LogP) is 3.72. The van der Waals surface area contributed by atoms with E-state index >= 15 is 0 Å². The van der Waals surface area contributed by atoms with Gasteiger partial charge in [-0.15, -0.1) is 11.3 Å². The SMILES string of the molecule is COc1ccc(O)c(C=NC[C@@H](c2cccs2)N2CCCC2)c1. The third kappa shape index (κ3) is 3.92. The average molecular weight is 330 g/mol. The van der Waals surface area contributed by atoms with Crippen molar-refractivity contribution in [1.29, 1.82) is 0 Å². The molecule has 1 atom stereocenters. The number of rotatable bonds is 6. The minimum absolute atomic E-state index is 0.225. The van der Waals surface area contributed by atoms with Crippen molar-refractivity contribution in [3.8, 4) is 11.5 Å². The first-order valence-electron chi connectivity index (χ1n) is 7.92. The van der Waals surface area contributed by atoms with Gasteiger partial charge in [-0.1, -0.05) is 6.07 Å². The summed E-state index contributed by atoms with van der Waals surface area (Å²) in [6.07, 6.45) is 4.28. The fraction of sp³-hybridized carbons (Fsp3) is 0.389. The standard InChI is InChI=1S/C18H22N2O2S/c1-22-15-6-7-17(21)14(11-15)12-19-13-16(18-5-4-10-23-18)20-8-2-3-9-20/h4-7,10-12,16,21H,2-3,8-9,13H2,1H3/t16-/m0/s1. The van der Waals surface area contributed by atoms with E-state index in [0.717, 1.165) is 18.8 Å². The molecular formula is C18H22N2O2S. The van der Waals surface area contributed by atoms with Gasteiger partial charge < -0.3 is 9.84 Å². The van der Waals surface area contributed by atoms with Crippen LogP contribution in [0, 0.1) is 0 Å². The van der Waals surface area contributed by atoms with Crippen LogP contribution in [0.1, 0.15) is 29.3 Å². The molecule has 1 aromatic heterocycles. The van der Waals surface area contributed by atoms with E-state index in [-0.39, 0.29) is 5.75 Å². The molecule has 2 heterocycles. The van der Waals surface area contributed by atoms with Gasteiger partial charge in [-0.25, -0.2) is 0 Å².